The van der Waals surface area contributed by atoms with Crippen LogP contribution in [0.3, 0.4) is 0 Å². The van der Waals surface area contributed by atoms with Gasteiger partial charge in [0, 0.05) is 12.8 Å². The maximum atomic E-state index is 5.62. The zero-order valence-corrected chi connectivity index (χ0v) is 12.8. The summed E-state index contributed by atoms with van der Waals surface area (Å²) in [5, 5.41) is 19.3. The lowest BCUT2D eigenvalue weighted by Gasteiger charge is -2.27. The predicted octanol–water partition coefficient (Wildman–Crippen LogP) is 2.15. The van der Waals surface area contributed by atoms with E-state index in [-0.39, 0.29) is 0 Å². The van der Waals surface area contributed by atoms with Crippen molar-refractivity contribution in [3.8, 4) is 0 Å². The van der Waals surface area contributed by atoms with E-state index in [1.54, 1.807) is 0 Å². The molecule has 0 radical (unpaired) electrons. The van der Waals surface area contributed by atoms with E-state index in [0.717, 1.165) is 34.7 Å². The van der Waals surface area contributed by atoms with Crippen molar-refractivity contribution in [3.05, 3.63) is 10.0 Å². The molecule has 20 heavy (non-hydrogen) atoms. The van der Waals surface area contributed by atoms with Gasteiger partial charge in [0.2, 0.25) is 10.3 Å². The van der Waals surface area contributed by atoms with E-state index in [2.05, 4.69) is 20.4 Å². The molecule has 2 heterocycles. The largest absolute Gasteiger partial charge is 0.374 e. The maximum Gasteiger partial charge on any atom is 0.203 e. The Morgan fingerprint density at radius 3 is 1.45 bits per heavy atom. The molecule has 0 aliphatic heterocycles. The van der Waals surface area contributed by atoms with Crippen molar-refractivity contribution in [2.75, 3.05) is 11.5 Å². The van der Waals surface area contributed by atoms with Crippen molar-refractivity contribution in [1.29, 1.82) is 0 Å². The van der Waals surface area contributed by atoms with Gasteiger partial charge < -0.3 is 11.5 Å². The summed E-state index contributed by atoms with van der Waals surface area (Å²) in [4.78, 5) is 0. The van der Waals surface area contributed by atoms with Crippen LogP contribution in [0.15, 0.2) is 0 Å². The molecule has 0 atom stereocenters. The average Bonchev–Trinajstić information content (AvgIpc) is 3.01. The Hall–Kier alpha value is -1.28. The van der Waals surface area contributed by atoms with Gasteiger partial charge >= 0.3 is 0 Å². The van der Waals surface area contributed by atoms with Gasteiger partial charge in [0.05, 0.1) is 0 Å². The zero-order valence-electron chi connectivity index (χ0n) is 11.2. The molecule has 8 heteroatoms. The van der Waals surface area contributed by atoms with Crippen molar-refractivity contribution in [2.24, 2.45) is 11.8 Å². The lowest BCUT2D eigenvalue weighted by molar-refractivity contribution is 0.271. The Morgan fingerprint density at radius 2 is 1.15 bits per heavy atom. The Bertz CT molecular complexity index is 508. The lowest BCUT2D eigenvalue weighted by Crippen LogP contribution is -2.18. The SMILES string of the molecule is Nc1nnc(C[C@H]2CC[C@H](Cc3nnc(N)s3)CC2)s1. The fourth-order valence-electron chi connectivity index (χ4n) is 2.83. The van der Waals surface area contributed by atoms with E-state index >= 15 is 0 Å². The molecule has 1 aliphatic rings. The molecular formula is C12H18N6S2. The Kier molecular flexibility index (Phi) is 4.11. The highest BCUT2D eigenvalue weighted by Crippen LogP contribution is 2.34. The number of rotatable bonds is 4. The van der Waals surface area contributed by atoms with Crippen LogP contribution >= 0.6 is 22.7 Å². The molecule has 0 amide bonds. The highest BCUT2D eigenvalue weighted by Gasteiger charge is 2.23. The number of nitrogens with two attached hydrogens (primary N) is 2. The molecule has 6 nitrogen and oxygen atoms in total. The van der Waals surface area contributed by atoms with Crippen LogP contribution < -0.4 is 11.5 Å². The first-order chi connectivity index (χ1) is 9.69. The summed E-state index contributed by atoms with van der Waals surface area (Å²) in [7, 11) is 0. The summed E-state index contributed by atoms with van der Waals surface area (Å²) in [5.41, 5.74) is 11.2. The Balaban J connectivity index is 1.47. The van der Waals surface area contributed by atoms with Crippen LogP contribution in [0.1, 0.15) is 35.7 Å². The van der Waals surface area contributed by atoms with Crippen LogP contribution in [0.25, 0.3) is 0 Å². The lowest BCUT2D eigenvalue weighted by atomic mass is 9.79. The van der Waals surface area contributed by atoms with E-state index in [1.807, 2.05) is 0 Å². The average molecular weight is 310 g/mol. The van der Waals surface area contributed by atoms with E-state index in [1.165, 1.54) is 48.4 Å². The fourth-order valence-corrected chi connectivity index (χ4v) is 4.28. The molecule has 4 N–H and O–H groups in total. The molecule has 0 saturated heterocycles. The molecule has 1 saturated carbocycles. The molecule has 0 spiro atoms. The van der Waals surface area contributed by atoms with Crippen molar-refractivity contribution >= 4 is 32.9 Å². The monoisotopic (exact) mass is 310 g/mol. The summed E-state index contributed by atoms with van der Waals surface area (Å²) in [5.74, 6) is 1.44. The minimum absolute atomic E-state index is 0.572. The summed E-state index contributed by atoms with van der Waals surface area (Å²) in [6.07, 6.45) is 7.04. The van der Waals surface area contributed by atoms with Gasteiger partial charge in [-0.3, -0.25) is 0 Å². The molecule has 108 valence electrons. The van der Waals surface area contributed by atoms with Crippen molar-refractivity contribution in [1.82, 2.24) is 20.4 Å². The second kappa shape index (κ2) is 6.01. The predicted molar refractivity (Wildman–Crippen MR) is 81.5 cm³/mol. The van der Waals surface area contributed by atoms with Crippen molar-refractivity contribution in [3.63, 3.8) is 0 Å². The van der Waals surface area contributed by atoms with Gasteiger partial charge in [-0.25, -0.2) is 0 Å². The first-order valence-electron chi connectivity index (χ1n) is 6.84. The first-order valence-corrected chi connectivity index (χ1v) is 8.48. The number of anilines is 2. The second-order valence-electron chi connectivity index (χ2n) is 5.36. The standard InChI is InChI=1S/C12H18N6S2/c13-11-17-15-9(19-11)5-7-1-2-8(4-3-7)6-10-16-18-12(14)20-10/h7-8H,1-6H2,(H2,13,17)(H2,14,18)/t7-,8-. The fraction of sp³-hybridized carbons (Fsp3) is 0.667. The van der Waals surface area contributed by atoms with E-state index in [9.17, 15) is 0 Å². The molecule has 1 fully saturated rings. The van der Waals surface area contributed by atoms with Crippen LogP contribution in [0, 0.1) is 11.8 Å². The Labute approximate surface area is 125 Å². The summed E-state index contributed by atoms with van der Waals surface area (Å²) in [6.45, 7) is 0. The highest BCUT2D eigenvalue weighted by molar-refractivity contribution is 7.15. The summed E-state index contributed by atoms with van der Waals surface area (Å²) in [6, 6.07) is 0. The summed E-state index contributed by atoms with van der Waals surface area (Å²) >= 11 is 3.03. The van der Waals surface area contributed by atoms with Crippen LogP contribution in [-0.2, 0) is 12.8 Å². The van der Waals surface area contributed by atoms with Gasteiger partial charge in [-0.15, -0.1) is 20.4 Å². The van der Waals surface area contributed by atoms with Crippen LogP contribution in [0.5, 0.6) is 0 Å². The molecule has 0 unspecified atom stereocenters. The van der Waals surface area contributed by atoms with Gasteiger partial charge in [0.1, 0.15) is 10.0 Å². The van der Waals surface area contributed by atoms with Crippen LogP contribution in [0.4, 0.5) is 10.3 Å². The number of nitrogen functional groups attached to an aromatic ring is 2. The molecule has 0 bridgehead atoms. The number of hydrogen-bond acceptors (Lipinski definition) is 8. The Morgan fingerprint density at radius 1 is 0.750 bits per heavy atom. The third kappa shape index (κ3) is 3.43. The zero-order chi connectivity index (χ0) is 13.9. The maximum absolute atomic E-state index is 5.62. The van der Waals surface area contributed by atoms with Crippen LogP contribution in [-0.4, -0.2) is 20.4 Å². The molecule has 1 aliphatic carbocycles. The van der Waals surface area contributed by atoms with Gasteiger partial charge in [-0.2, -0.15) is 0 Å². The normalized spacial score (nSPS) is 23.0. The minimum Gasteiger partial charge on any atom is -0.374 e. The highest BCUT2D eigenvalue weighted by atomic mass is 32.1. The van der Waals surface area contributed by atoms with E-state index in [4.69, 9.17) is 11.5 Å². The van der Waals surface area contributed by atoms with Gasteiger partial charge in [-0.1, -0.05) is 22.7 Å². The molecular weight excluding hydrogens is 292 g/mol. The number of hydrogen-bond donors (Lipinski definition) is 2. The van der Waals surface area contributed by atoms with E-state index in [0.29, 0.717) is 10.3 Å². The third-order valence-electron chi connectivity index (χ3n) is 3.86. The minimum atomic E-state index is 0.572. The quantitative estimate of drug-likeness (QED) is 0.896. The topological polar surface area (TPSA) is 104 Å². The number of nitrogens with zero attached hydrogens (tertiary/aromatic N) is 4. The smallest absolute Gasteiger partial charge is 0.203 e. The molecule has 2 aromatic heterocycles. The third-order valence-corrected chi connectivity index (χ3v) is 5.41. The number of aromatic nitrogens is 4. The summed E-state index contributed by atoms with van der Waals surface area (Å²) < 4.78 is 0. The first kappa shape index (κ1) is 13.7. The molecule has 3 rings (SSSR count). The van der Waals surface area contributed by atoms with Gasteiger partial charge in [0.25, 0.3) is 0 Å². The molecule has 0 aromatic carbocycles. The second-order valence-corrected chi connectivity index (χ2v) is 7.55. The van der Waals surface area contributed by atoms with E-state index < -0.39 is 0 Å². The van der Waals surface area contributed by atoms with Gasteiger partial charge in [-0.05, 0) is 37.5 Å². The van der Waals surface area contributed by atoms with Crippen LogP contribution in [0.2, 0.25) is 0 Å². The van der Waals surface area contributed by atoms with Crippen molar-refractivity contribution in [2.45, 2.75) is 38.5 Å². The van der Waals surface area contributed by atoms with Gasteiger partial charge in [0.15, 0.2) is 0 Å². The van der Waals surface area contributed by atoms with Crippen molar-refractivity contribution < 1.29 is 0 Å². The molecule has 2 aromatic rings.